The van der Waals surface area contributed by atoms with E-state index in [9.17, 15) is 9.90 Å². The van der Waals surface area contributed by atoms with E-state index in [-0.39, 0.29) is 17.3 Å². The van der Waals surface area contributed by atoms with E-state index in [1.54, 1.807) is 24.3 Å². The third-order valence-corrected chi connectivity index (χ3v) is 3.27. The van der Waals surface area contributed by atoms with Gasteiger partial charge in [-0.2, -0.15) is 0 Å². The number of carbonyl (C=O) groups is 1. The van der Waals surface area contributed by atoms with Crippen LogP contribution in [0.1, 0.15) is 15.9 Å². The lowest BCUT2D eigenvalue weighted by Crippen LogP contribution is -1.97. The summed E-state index contributed by atoms with van der Waals surface area (Å²) in [5.41, 5.74) is 1.09. The van der Waals surface area contributed by atoms with E-state index in [2.05, 4.69) is 0 Å². The smallest absolute Gasteiger partial charge is 0.231 e. The van der Waals surface area contributed by atoms with Gasteiger partial charge in [-0.25, -0.2) is 0 Å². The predicted molar refractivity (Wildman–Crippen MR) is 77.5 cm³/mol. The minimum Gasteiger partial charge on any atom is -0.508 e. The maximum absolute atomic E-state index is 12.1. The molecule has 0 bridgehead atoms. The average Bonchev–Trinajstić information content (AvgIpc) is 2.64. The van der Waals surface area contributed by atoms with Crippen molar-refractivity contribution in [1.29, 1.82) is 0 Å². The first-order valence-electron chi connectivity index (χ1n) is 5.76. The summed E-state index contributed by atoms with van der Waals surface area (Å²) in [6.45, 7) is 0. The largest absolute Gasteiger partial charge is 0.508 e. The second-order valence-electron chi connectivity index (χ2n) is 4.32. The molecule has 1 N–H and O–H groups in total. The summed E-state index contributed by atoms with van der Waals surface area (Å²) >= 11 is 11.8. The van der Waals surface area contributed by atoms with E-state index in [1.807, 2.05) is 0 Å². The zero-order valence-corrected chi connectivity index (χ0v) is 11.6. The van der Waals surface area contributed by atoms with Crippen LogP contribution < -0.4 is 4.74 Å². The lowest BCUT2D eigenvalue weighted by molar-refractivity contribution is 0.101. The van der Waals surface area contributed by atoms with Crippen LogP contribution in [0.3, 0.4) is 0 Å². The molecule has 0 radical (unpaired) electrons. The number of ketones is 1. The number of hydrogen-bond acceptors (Lipinski definition) is 3. The van der Waals surface area contributed by atoms with Gasteiger partial charge in [0, 0.05) is 16.1 Å². The highest BCUT2D eigenvalue weighted by atomic mass is 35.5. The highest BCUT2D eigenvalue weighted by Crippen LogP contribution is 2.34. The Balaban J connectivity index is 2.01. The highest BCUT2D eigenvalue weighted by molar-refractivity contribution is 6.34. The topological polar surface area (TPSA) is 46.5 Å². The molecule has 100 valence electrons. The Hall–Kier alpha value is -1.97. The van der Waals surface area contributed by atoms with Crippen LogP contribution in [0.15, 0.2) is 42.2 Å². The molecule has 1 aliphatic heterocycles. The Bertz CT molecular complexity index is 731. The number of phenolic OH excluding ortho intramolecular Hbond substituents is 1. The Morgan fingerprint density at radius 3 is 2.45 bits per heavy atom. The van der Waals surface area contributed by atoms with Crippen LogP contribution in [-0.2, 0) is 0 Å². The summed E-state index contributed by atoms with van der Waals surface area (Å²) in [7, 11) is 0. The first kappa shape index (κ1) is 13.0. The maximum Gasteiger partial charge on any atom is 0.231 e. The molecular formula is C15H8Cl2O3. The molecular weight excluding hydrogens is 299 g/mol. The molecule has 20 heavy (non-hydrogen) atoms. The van der Waals surface area contributed by atoms with Crippen molar-refractivity contribution in [2.75, 3.05) is 0 Å². The van der Waals surface area contributed by atoms with E-state index in [1.165, 1.54) is 18.2 Å². The van der Waals surface area contributed by atoms with Gasteiger partial charge in [-0.3, -0.25) is 4.79 Å². The molecule has 0 fully saturated rings. The van der Waals surface area contributed by atoms with Gasteiger partial charge in [0.2, 0.25) is 5.78 Å². The first-order valence-corrected chi connectivity index (χ1v) is 6.52. The fourth-order valence-corrected chi connectivity index (χ4v) is 2.53. The predicted octanol–water partition coefficient (Wildman–Crippen LogP) is 4.32. The Kier molecular flexibility index (Phi) is 3.16. The average molecular weight is 307 g/mol. The van der Waals surface area contributed by atoms with Gasteiger partial charge in [0.05, 0.1) is 5.56 Å². The van der Waals surface area contributed by atoms with Crippen molar-refractivity contribution in [2.24, 2.45) is 0 Å². The van der Waals surface area contributed by atoms with Crippen molar-refractivity contribution in [3.05, 3.63) is 63.3 Å². The normalized spacial score (nSPS) is 15.3. The second-order valence-corrected chi connectivity index (χ2v) is 5.20. The molecule has 0 amide bonds. The van der Waals surface area contributed by atoms with Crippen LogP contribution in [0, 0.1) is 0 Å². The molecule has 3 rings (SSSR count). The van der Waals surface area contributed by atoms with E-state index >= 15 is 0 Å². The number of allylic oxidation sites excluding steroid dienone is 1. The number of rotatable bonds is 1. The number of ether oxygens (including phenoxy) is 1. The number of phenols is 1. The minimum absolute atomic E-state index is 0.0450. The van der Waals surface area contributed by atoms with Gasteiger partial charge in [0.15, 0.2) is 5.76 Å². The van der Waals surface area contributed by atoms with Crippen molar-refractivity contribution in [1.82, 2.24) is 0 Å². The lowest BCUT2D eigenvalue weighted by atomic mass is 10.1. The van der Waals surface area contributed by atoms with Gasteiger partial charge in [0.25, 0.3) is 0 Å². The number of carbonyl (C=O) groups excluding carboxylic acids is 1. The Labute approximate surface area is 125 Å². The van der Waals surface area contributed by atoms with Crippen LogP contribution in [0.25, 0.3) is 6.08 Å². The van der Waals surface area contributed by atoms with Crippen LogP contribution >= 0.6 is 23.2 Å². The quantitative estimate of drug-likeness (QED) is 0.798. The SMILES string of the molecule is O=C1C(=Cc2cc(Cl)cc(Cl)c2)Oc2cc(O)ccc21. The molecule has 0 aliphatic carbocycles. The summed E-state index contributed by atoms with van der Waals surface area (Å²) in [5.74, 6) is 0.318. The molecule has 3 nitrogen and oxygen atoms in total. The molecule has 0 unspecified atom stereocenters. The first-order chi connectivity index (χ1) is 9.52. The van der Waals surface area contributed by atoms with E-state index in [0.717, 1.165) is 0 Å². The number of benzene rings is 2. The van der Waals surface area contributed by atoms with E-state index in [4.69, 9.17) is 27.9 Å². The van der Waals surface area contributed by atoms with E-state index in [0.29, 0.717) is 26.9 Å². The zero-order valence-electron chi connectivity index (χ0n) is 10.1. The van der Waals surface area contributed by atoms with Crippen LogP contribution in [-0.4, -0.2) is 10.9 Å². The number of fused-ring (bicyclic) bond motifs is 1. The number of hydrogen-bond donors (Lipinski definition) is 1. The molecule has 5 heteroatoms. The second kappa shape index (κ2) is 4.85. The third-order valence-electron chi connectivity index (χ3n) is 2.84. The molecule has 2 aromatic carbocycles. The molecule has 1 heterocycles. The minimum atomic E-state index is -0.240. The monoisotopic (exact) mass is 306 g/mol. The lowest BCUT2D eigenvalue weighted by Gasteiger charge is -2.00. The van der Waals surface area contributed by atoms with Crippen molar-refractivity contribution in [3.8, 4) is 11.5 Å². The van der Waals surface area contributed by atoms with Crippen LogP contribution in [0.5, 0.6) is 11.5 Å². The molecule has 0 saturated carbocycles. The molecule has 0 spiro atoms. The van der Waals surface area contributed by atoms with Crippen molar-refractivity contribution >= 4 is 35.1 Å². The molecule has 0 aromatic heterocycles. The molecule has 0 saturated heterocycles. The Morgan fingerprint density at radius 1 is 1.05 bits per heavy atom. The number of aromatic hydroxyl groups is 1. The highest BCUT2D eigenvalue weighted by Gasteiger charge is 2.27. The molecule has 0 atom stereocenters. The van der Waals surface area contributed by atoms with Gasteiger partial charge in [-0.1, -0.05) is 23.2 Å². The van der Waals surface area contributed by atoms with E-state index < -0.39 is 0 Å². The fourth-order valence-electron chi connectivity index (χ4n) is 1.99. The fraction of sp³-hybridized carbons (Fsp3) is 0. The standard InChI is InChI=1S/C15H8Cl2O3/c16-9-3-8(4-10(17)6-9)5-14-15(19)12-2-1-11(18)7-13(12)20-14/h1-7,18H. The summed E-state index contributed by atoms with van der Waals surface area (Å²) in [5, 5.41) is 10.3. The van der Waals surface area contributed by atoms with Gasteiger partial charge >= 0.3 is 0 Å². The van der Waals surface area contributed by atoms with Crippen molar-refractivity contribution in [2.45, 2.75) is 0 Å². The number of Topliss-reactive ketones (excluding diaryl/α,β-unsaturated/α-hetero) is 1. The van der Waals surface area contributed by atoms with Crippen LogP contribution in [0.2, 0.25) is 10.0 Å². The van der Waals surface area contributed by atoms with Crippen molar-refractivity contribution < 1.29 is 14.6 Å². The van der Waals surface area contributed by atoms with Crippen molar-refractivity contribution in [3.63, 3.8) is 0 Å². The van der Waals surface area contributed by atoms with Crippen LogP contribution in [0.4, 0.5) is 0 Å². The molecule has 1 aliphatic rings. The zero-order chi connectivity index (χ0) is 14.3. The van der Waals surface area contributed by atoms with Gasteiger partial charge in [-0.15, -0.1) is 0 Å². The van der Waals surface area contributed by atoms with Gasteiger partial charge in [-0.05, 0) is 42.0 Å². The summed E-state index contributed by atoms with van der Waals surface area (Å²) in [6, 6.07) is 9.33. The summed E-state index contributed by atoms with van der Waals surface area (Å²) in [4.78, 5) is 12.1. The molecule has 2 aromatic rings. The van der Waals surface area contributed by atoms with Gasteiger partial charge < -0.3 is 9.84 Å². The maximum atomic E-state index is 12.1. The van der Waals surface area contributed by atoms with Gasteiger partial charge in [0.1, 0.15) is 11.5 Å². The summed E-state index contributed by atoms with van der Waals surface area (Å²) < 4.78 is 5.45. The Morgan fingerprint density at radius 2 is 1.75 bits per heavy atom. The third kappa shape index (κ3) is 2.38. The summed E-state index contributed by atoms with van der Waals surface area (Å²) in [6.07, 6.45) is 1.57. The number of halogens is 2.